The molecular formula is C16H16F6N2O2. The smallest absolute Gasteiger partial charge is 0.352 e. The lowest BCUT2D eigenvalue weighted by Crippen LogP contribution is -2.46. The van der Waals surface area contributed by atoms with Crippen LogP contribution in [-0.2, 0) is 11.0 Å². The maximum absolute atomic E-state index is 12.5. The molecular weight excluding hydrogens is 366 g/mol. The fourth-order valence-corrected chi connectivity index (χ4v) is 2.67. The third-order valence-electron chi connectivity index (χ3n) is 4.17. The minimum absolute atomic E-state index is 0.0564. The lowest BCUT2D eigenvalue weighted by atomic mass is 9.96. The van der Waals surface area contributed by atoms with E-state index in [0.29, 0.717) is 12.8 Å². The Bertz CT molecular complexity index is 646. The van der Waals surface area contributed by atoms with E-state index in [2.05, 4.69) is 5.32 Å². The topological polar surface area (TPSA) is 49.4 Å². The summed E-state index contributed by atoms with van der Waals surface area (Å²) in [6.07, 6.45) is -8.79. The molecule has 10 heteroatoms. The number of amides is 2. The van der Waals surface area contributed by atoms with Gasteiger partial charge in [0.25, 0.3) is 5.91 Å². The molecule has 0 radical (unpaired) electrons. The van der Waals surface area contributed by atoms with E-state index in [9.17, 15) is 35.9 Å². The number of halogens is 6. The van der Waals surface area contributed by atoms with Crippen LogP contribution in [-0.4, -0.2) is 42.5 Å². The molecule has 4 nitrogen and oxygen atoms in total. The Labute approximate surface area is 145 Å². The molecule has 1 aliphatic rings. The van der Waals surface area contributed by atoms with Crippen molar-refractivity contribution in [2.45, 2.75) is 25.2 Å². The molecule has 1 saturated heterocycles. The molecule has 1 aromatic carbocycles. The maximum atomic E-state index is 12.5. The molecule has 26 heavy (non-hydrogen) atoms. The Hall–Kier alpha value is -2.26. The number of carbonyl (C=O) groups is 2. The van der Waals surface area contributed by atoms with Crippen LogP contribution in [0.25, 0.3) is 0 Å². The zero-order chi connectivity index (χ0) is 19.5. The number of carbonyl (C=O) groups excluding carboxylic acids is 2. The van der Waals surface area contributed by atoms with Crippen molar-refractivity contribution in [2.24, 2.45) is 5.92 Å². The van der Waals surface area contributed by atoms with Crippen molar-refractivity contribution in [1.29, 1.82) is 0 Å². The summed E-state index contributed by atoms with van der Waals surface area (Å²) in [7, 11) is 0. The first-order valence-corrected chi connectivity index (χ1v) is 7.80. The van der Waals surface area contributed by atoms with Gasteiger partial charge in [-0.1, -0.05) is 0 Å². The van der Waals surface area contributed by atoms with E-state index in [1.54, 1.807) is 0 Å². The quantitative estimate of drug-likeness (QED) is 0.816. The summed E-state index contributed by atoms with van der Waals surface area (Å²) in [5.74, 6) is -2.54. The van der Waals surface area contributed by atoms with Crippen molar-refractivity contribution in [2.75, 3.05) is 19.6 Å². The standard InChI is InChI=1S/C16H16F6N2O2/c17-15(18,19)12-3-1-11(2-4-12)13(25)23-9-10-5-7-24(8-6-10)14(26)16(20,21)22/h1-4,10H,5-9H2,(H,23,25). The van der Waals surface area contributed by atoms with Crippen molar-refractivity contribution in [3.05, 3.63) is 35.4 Å². The Morgan fingerprint density at radius 3 is 2.00 bits per heavy atom. The Morgan fingerprint density at radius 2 is 1.54 bits per heavy atom. The lowest BCUT2D eigenvalue weighted by molar-refractivity contribution is -0.186. The maximum Gasteiger partial charge on any atom is 0.471 e. The fraction of sp³-hybridized carbons (Fsp3) is 0.500. The highest BCUT2D eigenvalue weighted by Crippen LogP contribution is 2.29. The van der Waals surface area contributed by atoms with Gasteiger partial charge < -0.3 is 10.2 Å². The molecule has 0 aliphatic carbocycles. The van der Waals surface area contributed by atoms with E-state index in [1.165, 1.54) is 0 Å². The first-order chi connectivity index (χ1) is 12.0. The van der Waals surface area contributed by atoms with E-state index in [0.717, 1.165) is 29.2 Å². The molecule has 0 unspecified atom stereocenters. The van der Waals surface area contributed by atoms with Gasteiger partial charge in [0.05, 0.1) is 5.56 Å². The van der Waals surface area contributed by atoms with Crippen LogP contribution in [0.2, 0.25) is 0 Å². The van der Waals surface area contributed by atoms with Crippen molar-refractivity contribution in [3.63, 3.8) is 0 Å². The molecule has 0 bridgehead atoms. The third-order valence-corrected chi connectivity index (χ3v) is 4.17. The molecule has 1 N–H and O–H groups in total. The SMILES string of the molecule is O=C(NCC1CCN(C(=O)C(F)(F)F)CC1)c1ccc(C(F)(F)F)cc1. The summed E-state index contributed by atoms with van der Waals surface area (Å²) in [5, 5.41) is 2.56. The molecule has 2 amide bonds. The first-order valence-electron chi connectivity index (χ1n) is 7.80. The van der Waals surface area contributed by atoms with Crippen molar-refractivity contribution in [1.82, 2.24) is 10.2 Å². The van der Waals surface area contributed by atoms with Gasteiger partial charge in [0, 0.05) is 25.2 Å². The Morgan fingerprint density at radius 1 is 1.00 bits per heavy atom. The molecule has 1 fully saturated rings. The van der Waals surface area contributed by atoms with Crippen LogP contribution < -0.4 is 5.32 Å². The highest BCUT2D eigenvalue weighted by molar-refractivity contribution is 5.94. The van der Waals surface area contributed by atoms with Gasteiger partial charge in [-0.3, -0.25) is 9.59 Å². The van der Waals surface area contributed by atoms with Crippen LogP contribution in [0.4, 0.5) is 26.3 Å². The lowest BCUT2D eigenvalue weighted by Gasteiger charge is -2.32. The first kappa shape index (κ1) is 20.1. The zero-order valence-corrected chi connectivity index (χ0v) is 13.5. The van der Waals surface area contributed by atoms with Crippen molar-refractivity contribution >= 4 is 11.8 Å². The van der Waals surface area contributed by atoms with Crippen LogP contribution in [0.3, 0.4) is 0 Å². The number of likely N-dealkylation sites (tertiary alicyclic amines) is 1. The number of nitrogens with one attached hydrogen (secondary N) is 1. The molecule has 0 atom stereocenters. The number of piperidine rings is 1. The number of hydrogen-bond donors (Lipinski definition) is 1. The molecule has 144 valence electrons. The summed E-state index contributed by atoms with van der Waals surface area (Å²) < 4.78 is 74.5. The highest BCUT2D eigenvalue weighted by atomic mass is 19.4. The summed E-state index contributed by atoms with van der Waals surface area (Å²) in [5.41, 5.74) is -0.807. The second kappa shape index (κ2) is 7.55. The predicted octanol–water partition coefficient (Wildman–Crippen LogP) is 3.24. The second-order valence-corrected chi connectivity index (χ2v) is 6.02. The van der Waals surface area contributed by atoms with Crippen LogP contribution in [0, 0.1) is 5.92 Å². The predicted molar refractivity (Wildman–Crippen MR) is 79.1 cm³/mol. The van der Waals surface area contributed by atoms with Gasteiger partial charge in [-0.25, -0.2) is 0 Å². The van der Waals surface area contributed by atoms with Gasteiger partial charge in [-0.2, -0.15) is 26.3 Å². The number of nitrogens with zero attached hydrogens (tertiary/aromatic N) is 1. The van der Waals surface area contributed by atoms with Gasteiger partial charge in [0.1, 0.15) is 0 Å². The Kier molecular flexibility index (Phi) is 5.82. The van der Waals surface area contributed by atoms with Gasteiger partial charge in [0.2, 0.25) is 0 Å². The van der Waals surface area contributed by atoms with E-state index in [4.69, 9.17) is 0 Å². The molecule has 1 aliphatic heterocycles. The van der Waals surface area contributed by atoms with E-state index >= 15 is 0 Å². The van der Waals surface area contributed by atoms with Crippen LogP contribution in [0.15, 0.2) is 24.3 Å². The van der Waals surface area contributed by atoms with Crippen LogP contribution in [0.5, 0.6) is 0 Å². The summed E-state index contributed by atoms with van der Waals surface area (Å²) in [6.45, 7) is 0.0617. The number of benzene rings is 1. The second-order valence-electron chi connectivity index (χ2n) is 6.02. The summed E-state index contributed by atoms with van der Waals surface area (Å²) >= 11 is 0. The van der Waals surface area contributed by atoms with Gasteiger partial charge >= 0.3 is 18.3 Å². The van der Waals surface area contributed by atoms with Crippen molar-refractivity contribution in [3.8, 4) is 0 Å². The molecule has 0 saturated carbocycles. The van der Waals surface area contributed by atoms with Gasteiger partial charge in [-0.15, -0.1) is 0 Å². The monoisotopic (exact) mass is 382 g/mol. The average Bonchev–Trinajstić information content (AvgIpc) is 2.58. The van der Waals surface area contributed by atoms with E-state index < -0.39 is 29.7 Å². The average molecular weight is 382 g/mol. The van der Waals surface area contributed by atoms with Crippen LogP contribution in [0.1, 0.15) is 28.8 Å². The molecule has 2 rings (SSSR count). The fourth-order valence-electron chi connectivity index (χ4n) is 2.67. The largest absolute Gasteiger partial charge is 0.471 e. The number of hydrogen-bond acceptors (Lipinski definition) is 2. The van der Waals surface area contributed by atoms with Crippen molar-refractivity contribution < 1.29 is 35.9 Å². The highest BCUT2D eigenvalue weighted by Gasteiger charge is 2.43. The third kappa shape index (κ3) is 5.12. The number of rotatable bonds is 3. The zero-order valence-electron chi connectivity index (χ0n) is 13.5. The molecule has 1 aromatic rings. The number of alkyl halides is 6. The normalized spacial score (nSPS) is 16.5. The van der Waals surface area contributed by atoms with E-state index in [-0.39, 0.29) is 31.1 Å². The van der Waals surface area contributed by atoms with E-state index in [1.807, 2.05) is 0 Å². The summed E-state index contributed by atoms with van der Waals surface area (Å²) in [4.78, 5) is 23.8. The minimum atomic E-state index is -4.90. The minimum Gasteiger partial charge on any atom is -0.352 e. The molecule has 0 aromatic heterocycles. The molecule has 0 spiro atoms. The van der Waals surface area contributed by atoms with Gasteiger partial charge in [0.15, 0.2) is 0 Å². The molecule has 1 heterocycles. The summed E-state index contributed by atoms with van der Waals surface area (Å²) in [6, 6.07) is 3.72. The van der Waals surface area contributed by atoms with Gasteiger partial charge in [-0.05, 0) is 43.0 Å². The van der Waals surface area contributed by atoms with Crippen LogP contribution >= 0.6 is 0 Å². The Balaban J connectivity index is 1.81.